The summed E-state index contributed by atoms with van der Waals surface area (Å²) in [6, 6.07) is 8.05. The summed E-state index contributed by atoms with van der Waals surface area (Å²) in [5.41, 5.74) is 7.13. The van der Waals surface area contributed by atoms with Crippen molar-refractivity contribution in [2.45, 2.75) is 12.5 Å². The van der Waals surface area contributed by atoms with Gasteiger partial charge in [0.1, 0.15) is 6.33 Å². The van der Waals surface area contributed by atoms with E-state index < -0.39 is 5.91 Å². The second kappa shape index (κ2) is 7.01. The molecule has 0 spiro atoms. The van der Waals surface area contributed by atoms with Gasteiger partial charge in [0.25, 0.3) is 0 Å². The number of carbonyl (C=O) groups excluding carboxylic acids is 2. The van der Waals surface area contributed by atoms with Crippen molar-refractivity contribution in [1.29, 1.82) is 0 Å². The first kappa shape index (κ1) is 15.8. The minimum absolute atomic E-state index is 0.180. The summed E-state index contributed by atoms with van der Waals surface area (Å²) in [5, 5.41) is 17.8. The average molecular weight is 342 g/mol. The summed E-state index contributed by atoms with van der Waals surface area (Å²) in [7, 11) is 0. The molecule has 0 aliphatic carbocycles. The van der Waals surface area contributed by atoms with Gasteiger partial charge in [-0.3, -0.25) is 9.59 Å². The Morgan fingerprint density at radius 3 is 2.62 bits per heavy atom. The van der Waals surface area contributed by atoms with Crippen LogP contribution in [0.25, 0.3) is 0 Å². The van der Waals surface area contributed by atoms with Gasteiger partial charge in [0, 0.05) is 11.3 Å². The fraction of sp³-hybridized carbons (Fsp3) is 0.133. The molecule has 0 bridgehead atoms. The molecule has 3 aromatic rings. The molecule has 2 heterocycles. The van der Waals surface area contributed by atoms with Crippen LogP contribution in [0.4, 0.5) is 5.69 Å². The molecule has 1 aromatic carbocycles. The maximum absolute atomic E-state index is 12.4. The molecule has 0 fully saturated rings. The Balaban J connectivity index is 1.71. The van der Waals surface area contributed by atoms with E-state index in [1.165, 1.54) is 6.33 Å². The Hall–Kier alpha value is -3.07. The van der Waals surface area contributed by atoms with Gasteiger partial charge < -0.3 is 11.1 Å². The maximum Gasteiger partial charge on any atom is 0.248 e. The molecule has 0 saturated heterocycles. The van der Waals surface area contributed by atoms with Gasteiger partial charge in [0.15, 0.2) is 0 Å². The summed E-state index contributed by atoms with van der Waals surface area (Å²) in [5.74, 6) is -0.697. The minimum atomic E-state index is -0.510. The number of anilines is 1. The zero-order valence-electron chi connectivity index (χ0n) is 12.5. The average Bonchev–Trinajstić information content (AvgIpc) is 3.27. The van der Waals surface area contributed by atoms with Gasteiger partial charge in [-0.1, -0.05) is 0 Å². The van der Waals surface area contributed by atoms with Crippen molar-refractivity contribution >= 4 is 28.8 Å². The number of benzene rings is 1. The highest BCUT2D eigenvalue weighted by Gasteiger charge is 2.19. The molecule has 0 unspecified atom stereocenters. The van der Waals surface area contributed by atoms with Gasteiger partial charge in [-0.05, 0) is 57.1 Å². The summed E-state index contributed by atoms with van der Waals surface area (Å²) in [6.45, 7) is 0. The third-order valence-electron chi connectivity index (χ3n) is 3.44. The van der Waals surface area contributed by atoms with Crippen LogP contribution in [0.3, 0.4) is 0 Å². The van der Waals surface area contributed by atoms with Crippen LogP contribution in [0.1, 0.15) is 28.4 Å². The monoisotopic (exact) mass is 342 g/mol. The van der Waals surface area contributed by atoms with E-state index in [0.29, 0.717) is 11.3 Å². The number of nitrogens with one attached hydrogen (secondary N) is 1. The predicted molar refractivity (Wildman–Crippen MR) is 88.5 cm³/mol. The quantitative estimate of drug-likeness (QED) is 0.703. The van der Waals surface area contributed by atoms with Crippen LogP contribution < -0.4 is 11.1 Å². The molecule has 0 aliphatic heterocycles. The largest absolute Gasteiger partial charge is 0.366 e. The summed E-state index contributed by atoms with van der Waals surface area (Å²) in [4.78, 5) is 23.4. The van der Waals surface area contributed by atoms with Gasteiger partial charge >= 0.3 is 0 Å². The normalized spacial score (nSPS) is 11.8. The number of primary amides is 1. The van der Waals surface area contributed by atoms with Crippen LogP contribution in [-0.2, 0) is 4.79 Å². The van der Waals surface area contributed by atoms with E-state index in [0.717, 1.165) is 5.56 Å². The molecule has 3 N–H and O–H groups in total. The number of tetrazole rings is 1. The lowest BCUT2D eigenvalue weighted by molar-refractivity contribution is -0.116. The van der Waals surface area contributed by atoms with Crippen molar-refractivity contribution in [3.05, 3.63) is 58.5 Å². The van der Waals surface area contributed by atoms with E-state index in [1.54, 1.807) is 40.3 Å². The number of amides is 2. The molecular formula is C15H14N6O2S. The molecule has 2 aromatic heterocycles. The zero-order valence-corrected chi connectivity index (χ0v) is 13.3. The number of nitrogens with zero attached hydrogens (tertiary/aromatic N) is 4. The highest BCUT2D eigenvalue weighted by Crippen LogP contribution is 2.23. The lowest BCUT2D eigenvalue weighted by atomic mass is 10.1. The van der Waals surface area contributed by atoms with Crippen molar-refractivity contribution in [3.8, 4) is 0 Å². The number of hydrogen-bond acceptors (Lipinski definition) is 6. The van der Waals surface area contributed by atoms with Crippen LogP contribution in [0.5, 0.6) is 0 Å². The van der Waals surface area contributed by atoms with Gasteiger partial charge in [-0.2, -0.15) is 11.3 Å². The minimum Gasteiger partial charge on any atom is -0.366 e. The van der Waals surface area contributed by atoms with E-state index in [-0.39, 0.29) is 18.4 Å². The lowest BCUT2D eigenvalue weighted by Gasteiger charge is -2.15. The van der Waals surface area contributed by atoms with E-state index in [2.05, 4.69) is 20.8 Å². The van der Waals surface area contributed by atoms with E-state index >= 15 is 0 Å². The number of thiophene rings is 1. The first-order valence-corrected chi connectivity index (χ1v) is 8.02. The maximum atomic E-state index is 12.4. The van der Waals surface area contributed by atoms with E-state index in [1.807, 2.05) is 16.8 Å². The molecule has 0 radical (unpaired) electrons. The molecule has 24 heavy (non-hydrogen) atoms. The summed E-state index contributed by atoms with van der Waals surface area (Å²) >= 11 is 1.54. The van der Waals surface area contributed by atoms with Crippen LogP contribution >= 0.6 is 11.3 Å². The highest BCUT2D eigenvalue weighted by molar-refractivity contribution is 7.08. The van der Waals surface area contributed by atoms with Gasteiger partial charge in [-0.15, -0.1) is 5.10 Å². The number of nitrogens with two attached hydrogens (primary N) is 1. The zero-order chi connectivity index (χ0) is 16.9. The molecule has 0 saturated carbocycles. The predicted octanol–water partition coefficient (Wildman–Crippen LogP) is 1.45. The molecule has 3 rings (SSSR count). The van der Waals surface area contributed by atoms with Gasteiger partial charge in [0.05, 0.1) is 12.5 Å². The first-order valence-electron chi connectivity index (χ1n) is 7.08. The topological polar surface area (TPSA) is 116 Å². The number of hydrogen-bond donors (Lipinski definition) is 2. The van der Waals surface area contributed by atoms with Crippen molar-refractivity contribution in [2.75, 3.05) is 5.32 Å². The fourth-order valence-corrected chi connectivity index (χ4v) is 2.95. The molecule has 1 atom stereocenters. The molecule has 0 aliphatic rings. The lowest BCUT2D eigenvalue weighted by Crippen LogP contribution is -2.20. The van der Waals surface area contributed by atoms with Crippen LogP contribution in [0, 0.1) is 0 Å². The Morgan fingerprint density at radius 2 is 2.04 bits per heavy atom. The third-order valence-corrected chi connectivity index (χ3v) is 4.15. The molecule has 2 amide bonds. The van der Waals surface area contributed by atoms with Crippen molar-refractivity contribution in [3.63, 3.8) is 0 Å². The second-order valence-corrected chi connectivity index (χ2v) is 5.84. The molecule has 9 heteroatoms. The SMILES string of the molecule is NC(=O)c1ccc(NC(=O)C[C@H](c2ccsc2)n2cnnn2)cc1. The number of aromatic nitrogens is 4. The standard InChI is InChI=1S/C15H14N6O2S/c16-15(23)10-1-3-12(4-2-10)18-14(22)7-13(11-5-6-24-8-11)21-9-17-19-20-21/h1-6,8-9,13H,7H2,(H2,16,23)(H,18,22)/t13-/m1/s1. The molecular weight excluding hydrogens is 328 g/mol. The Bertz CT molecular complexity index is 780. The smallest absolute Gasteiger partial charge is 0.248 e. The highest BCUT2D eigenvalue weighted by atomic mass is 32.1. The number of rotatable bonds is 6. The van der Waals surface area contributed by atoms with Crippen molar-refractivity contribution in [2.24, 2.45) is 5.73 Å². The summed E-state index contributed by atoms with van der Waals surface area (Å²) in [6.07, 6.45) is 1.66. The van der Waals surface area contributed by atoms with E-state index in [4.69, 9.17) is 5.73 Å². The molecule has 122 valence electrons. The van der Waals surface area contributed by atoms with Crippen molar-refractivity contribution < 1.29 is 9.59 Å². The van der Waals surface area contributed by atoms with Gasteiger partial charge in [-0.25, -0.2) is 4.68 Å². The van der Waals surface area contributed by atoms with Crippen LogP contribution in [0.2, 0.25) is 0 Å². The Kier molecular flexibility index (Phi) is 4.62. The summed E-state index contributed by atoms with van der Waals surface area (Å²) < 4.78 is 1.55. The fourth-order valence-electron chi connectivity index (χ4n) is 2.25. The second-order valence-electron chi connectivity index (χ2n) is 5.06. The molecule has 8 nitrogen and oxygen atoms in total. The van der Waals surface area contributed by atoms with Crippen LogP contribution in [0.15, 0.2) is 47.4 Å². The third kappa shape index (κ3) is 3.63. The van der Waals surface area contributed by atoms with Crippen molar-refractivity contribution in [1.82, 2.24) is 20.2 Å². The Labute approximate surface area is 141 Å². The Morgan fingerprint density at radius 1 is 1.25 bits per heavy atom. The van der Waals surface area contributed by atoms with E-state index in [9.17, 15) is 9.59 Å². The van der Waals surface area contributed by atoms with Crippen LogP contribution in [-0.4, -0.2) is 32.0 Å². The number of carbonyl (C=O) groups is 2. The first-order chi connectivity index (χ1) is 11.6. The van der Waals surface area contributed by atoms with Gasteiger partial charge in [0.2, 0.25) is 11.8 Å².